The predicted molar refractivity (Wildman–Crippen MR) is 80.3 cm³/mol. The number of hydrogen-bond donors (Lipinski definition) is 3. The molecule has 0 heterocycles. The smallest absolute Gasteiger partial charge is 0.240 e. The van der Waals surface area contributed by atoms with Gasteiger partial charge >= 0.3 is 0 Å². The summed E-state index contributed by atoms with van der Waals surface area (Å²) < 4.78 is 0. The highest BCUT2D eigenvalue weighted by Gasteiger charge is 2.03. The molecular weight excluding hydrogens is 268 g/mol. The van der Waals surface area contributed by atoms with Gasteiger partial charge in [0.1, 0.15) is 0 Å². The predicted octanol–water partition coefficient (Wildman–Crippen LogP) is 2.18. The second kappa shape index (κ2) is 7.09. The number of aromatic hydroxyl groups is 2. The van der Waals surface area contributed by atoms with E-state index in [2.05, 4.69) is 10.5 Å². The zero-order valence-corrected chi connectivity index (χ0v) is 11.4. The minimum absolute atomic E-state index is 0.213. The fraction of sp³-hybridized carbons (Fsp3) is 0.125. The molecule has 1 amide bonds. The fourth-order valence-electron chi connectivity index (χ4n) is 1.79. The fourth-order valence-corrected chi connectivity index (χ4v) is 1.79. The first kappa shape index (κ1) is 14.6. The summed E-state index contributed by atoms with van der Waals surface area (Å²) in [4.78, 5) is 11.6. The van der Waals surface area contributed by atoms with Crippen LogP contribution >= 0.6 is 0 Å². The lowest BCUT2D eigenvalue weighted by Crippen LogP contribution is -2.17. The third kappa shape index (κ3) is 4.35. The van der Waals surface area contributed by atoms with Gasteiger partial charge in [0.25, 0.3) is 0 Å². The molecule has 0 aromatic heterocycles. The van der Waals surface area contributed by atoms with Crippen molar-refractivity contribution in [3.05, 3.63) is 59.7 Å². The van der Waals surface area contributed by atoms with Gasteiger partial charge in [-0.05, 0) is 24.1 Å². The first-order valence-corrected chi connectivity index (χ1v) is 6.53. The number of benzene rings is 2. The number of carbonyl (C=O) groups excluding carboxylic acids is 1. The van der Waals surface area contributed by atoms with Gasteiger partial charge in [-0.15, -0.1) is 0 Å². The molecular formula is C16H16N2O3. The lowest BCUT2D eigenvalue weighted by molar-refractivity contribution is -0.121. The maximum absolute atomic E-state index is 11.6. The first-order chi connectivity index (χ1) is 10.2. The van der Waals surface area contributed by atoms with Gasteiger partial charge in [-0.25, -0.2) is 5.43 Å². The molecule has 5 nitrogen and oxygen atoms in total. The average Bonchev–Trinajstić information content (AvgIpc) is 2.50. The van der Waals surface area contributed by atoms with Crippen LogP contribution in [0, 0.1) is 0 Å². The van der Waals surface area contributed by atoms with Crippen LogP contribution in [0.4, 0.5) is 0 Å². The van der Waals surface area contributed by atoms with Crippen molar-refractivity contribution in [2.24, 2.45) is 5.10 Å². The molecule has 3 N–H and O–H groups in total. The molecule has 0 atom stereocenters. The van der Waals surface area contributed by atoms with Gasteiger partial charge in [0.15, 0.2) is 11.5 Å². The number of phenolic OH excluding ortho intramolecular Hbond substituents is 2. The van der Waals surface area contributed by atoms with Crippen LogP contribution in [0.5, 0.6) is 11.5 Å². The molecule has 0 aliphatic rings. The Morgan fingerprint density at radius 3 is 2.62 bits per heavy atom. The van der Waals surface area contributed by atoms with E-state index in [-0.39, 0.29) is 17.4 Å². The van der Waals surface area contributed by atoms with Gasteiger partial charge < -0.3 is 10.2 Å². The summed E-state index contributed by atoms with van der Waals surface area (Å²) in [6.07, 6.45) is 2.25. The molecule has 5 heteroatoms. The maximum Gasteiger partial charge on any atom is 0.240 e. The van der Waals surface area contributed by atoms with Gasteiger partial charge in [-0.1, -0.05) is 36.4 Å². The van der Waals surface area contributed by atoms with Crippen molar-refractivity contribution in [1.82, 2.24) is 5.43 Å². The molecule has 0 aliphatic heterocycles. The zero-order chi connectivity index (χ0) is 15.1. The van der Waals surface area contributed by atoms with E-state index in [0.717, 1.165) is 5.56 Å². The van der Waals surface area contributed by atoms with E-state index in [4.69, 9.17) is 0 Å². The number of hydrazone groups is 1. The Labute approximate surface area is 122 Å². The maximum atomic E-state index is 11.6. The number of nitrogens with one attached hydrogen (secondary N) is 1. The van der Waals surface area contributed by atoms with Crippen LogP contribution in [0.3, 0.4) is 0 Å². The topological polar surface area (TPSA) is 81.9 Å². The summed E-state index contributed by atoms with van der Waals surface area (Å²) in [6.45, 7) is 0. The number of rotatable bonds is 5. The lowest BCUT2D eigenvalue weighted by atomic mass is 10.1. The van der Waals surface area contributed by atoms with Gasteiger partial charge in [0.05, 0.1) is 6.21 Å². The number of carbonyl (C=O) groups is 1. The molecule has 0 spiro atoms. The van der Waals surface area contributed by atoms with E-state index >= 15 is 0 Å². The van der Waals surface area contributed by atoms with E-state index in [1.54, 1.807) is 12.1 Å². The normalized spacial score (nSPS) is 10.7. The Bertz CT molecular complexity index is 639. The van der Waals surface area contributed by atoms with Crippen molar-refractivity contribution in [2.45, 2.75) is 12.8 Å². The van der Waals surface area contributed by atoms with Crippen molar-refractivity contribution in [3.63, 3.8) is 0 Å². The molecule has 2 rings (SSSR count). The van der Waals surface area contributed by atoms with E-state index in [0.29, 0.717) is 18.4 Å². The molecule has 21 heavy (non-hydrogen) atoms. The van der Waals surface area contributed by atoms with Crippen LogP contribution in [0.2, 0.25) is 0 Å². The summed E-state index contributed by atoms with van der Waals surface area (Å²) in [5.41, 5.74) is 3.80. The van der Waals surface area contributed by atoms with Crippen LogP contribution in [0.15, 0.2) is 53.6 Å². The Kier molecular flexibility index (Phi) is 4.93. The van der Waals surface area contributed by atoms with Crippen LogP contribution < -0.4 is 5.43 Å². The molecule has 2 aromatic carbocycles. The quantitative estimate of drug-likeness (QED) is 0.447. The molecule has 0 fully saturated rings. The Balaban J connectivity index is 1.83. The van der Waals surface area contributed by atoms with Gasteiger partial charge in [0, 0.05) is 12.0 Å². The Morgan fingerprint density at radius 2 is 1.86 bits per heavy atom. The molecule has 0 saturated heterocycles. The van der Waals surface area contributed by atoms with Crippen molar-refractivity contribution >= 4 is 12.1 Å². The average molecular weight is 284 g/mol. The number of nitrogens with zero attached hydrogens (tertiary/aromatic N) is 1. The van der Waals surface area contributed by atoms with Crippen molar-refractivity contribution in [1.29, 1.82) is 0 Å². The van der Waals surface area contributed by atoms with Crippen molar-refractivity contribution in [3.8, 4) is 11.5 Å². The van der Waals surface area contributed by atoms with E-state index in [9.17, 15) is 15.0 Å². The third-order valence-electron chi connectivity index (χ3n) is 2.92. The number of hydrogen-bond acceptors (Lipinski definition) is 4. The van der Waals surface area contributed by atoms with Gasteiger partial charge in [-0.2, -0.15) is 5.10 Å². The molecule has 0 saturated carbocycles. The highest BCUT2D eigenvalue weighted by molar-refractivity contribution is 5.86. The molecule has 0 bridgehead atoms. The largest absolute Gasteiger partial charge is 0.504 e. The summed E-state index contributed by atoms with van der Waals surface area (Å²) in [6, 6.07) is 14.2. The zero-order valence-electron chi connectivity index (χ0n) is 11.4. The summed E-state index contributed by atoms with van der Waals surface area (Å²) in [5, 5.41) is 22.6. The molecule has 0 unspecified atom stereocenters. The third-order valence-corrected chi connectivity index (χ3v) is 2.92. The van der Waals surface area contributed by atoms with E-state index in [1.807, 2.05) is 30.3 Å². The summed E-state index contributed by atoms with van der Waals surface area (Å²) in [7, 11) is 0. The second-order valence-corrected chi connectivity index (χ2v) is 4.49. The Morgan fingerprint density at radius 1 is 1.10 bits per heavy atom. The second-order valence-electron chi connectivity index (χ2n) is 4.49. The van der Waals surface area contributed by atoms with Gasteiger partial charge in [0.2, 0.25) is 5.91 Å². The van der Waals surface area contributed by atoms with E-state index < -0.39 is 0 Å². The minimum atomic E-state index is -0.264. The van der Waals surface area contributed by atoms with Crippen LogP contribution in [-0.2, 0) is 11.2 Å². The van der Waals surface area contributed by atoms with E-state index in [1.165, 1.54) is 12.3 Å². The monoisotopic (exact) mass is 284 g/mol. The highest BCUT2D eigenvalue weighted by atomic mass is 16.3. The van der Waals surface area contributed by atoms with Gasteiger partial charge in [-0.3, -0.25) is 4.79 Å². The lowest BCUT2D eigenvalue weighted by Gasteiger charge is -2.02. The molecule has 0 aliphatic carbocycles. The first-order valence-electron chi connectivity index (χ1n) is 6.53. The number of para-hydroxylation sites is 1. The number of aryl methyl sites for hydroxylation is 1. The van der Waals surface area contributed by atoms with Crippen molar-refractivity contribution in [2.75, 3.05) is 0 Å². The standard InChI is InChI=1S/C16H16N2O3/c19-14-8-4-7-13(16(14)21)11-17-18-15(20)10-9-12-5-2-1-3-6-12/h1-8,11,19,21H,9-10H2,(H,18,20). The summed E-state index contributed by atoms with van der Waals surface area (Å²) in [5.74, 6) is -0.705. The number of amides is 1. The van der Waals surface area contributed by atoms with Crippen LogP contribution in [0.1, 0.15) is 17.5 Å². The molecule has 0 radical (unpaired) electrons. The summed E-state index contributed by atoms with van der Waals surface area (Å²) >= 11 is 0. The van der Waals surface area contributed by atoms with Crippen LogP contribution in [-0.4, -0.2) is 22.3 Å². The van der Waals surface area contributed by atoms with Crippen LogP contribution in [0.25, 0.3) is 0 Å². The highest BCUT2D eigenvalue weighted by Crippen LogP contribution is 2.26. The molecule has 2 aromatic rings. The SMILES string of the molecule is O=C(CCc1ccccc1)NN=Cc1cccc(O)c1O. The Hall–Kier alpha value is -2.82. The minimum Gasteiger partial charge on any atom is -0.504 e. The number of phenols is 2. The molecule has 108 valence electrons. The van der Waals surface area contributed by atoms with Crippen molar-refractivity contribution < 1.29 is 15.0 Å².